The standard InChI is InChI=1S/C23H28N2O4/c1-16-7-5-8-17(2)25(16)22(27)15-29-23(28)14-24-21(26)13-19-11-6-10-18-9-3-4-12-20(18)19/h3-4,6,9-12,16-17H,5,7-8,13-15H2,1-2H3,(H,24,26)/t16-,17+. The van der Waals surface area contributed by atoms with Gasteiger partial charge in [0.05, 0.1) is 6.42 Å². The Labute approximate surface area is 171 Å². The maximum Gasteiger partial charge on any atom is 0.325 e. The number of amides is 2. The first-order valence-electron chi connectivity index (χ1n) is 10.2. The number of nitrogens with one attached hydrogen (secondary N) is 1. The van der Waals surface area contributed by atoms with Crippen molar-refractivity contribution >= 4 is 28.6 Å². The number of esters is 1. The fraction of sp³-hybridized carbons (Fsp3) is 0.435. The fourth-order valence-electron chi connectivity index (χ4n) is 4.03. The van der Waals surface area contributed by atoms with E-state index in [1.807, 2.05) is 56.3 Å². The van der Waals surface area contributed by atoms with Gasteiger partial charge in [0.25, 0.3) is 5.91 Å². The maximum atomic E-state index is 12.4. The Morgan fingerprint density at radius 2 is 1.72 bits per heavy atom. The van der Waals surface area contributed by atoms with E-state index in [-0.39, 0.29) is 43.5 Å². The highest BCUT2D eigenvalue weighted by Gasteiger charge is 2.29. The average Bonchev–Trinajstić information content (AvgIpc) is 2.71. The van der Waals surface area contributed by atoms with E-state index in [2.05, 4.69) is 5.32 Å². The van der Waals surface area contributed by atoms with Crippen LogP contribution in [0.1, 0.15) is 38.7 Å². The third-order valence-corrected chi connectivity index (χ3v) is 5.50. The van der Waals surface area contributed by atoms with Gasteiger partial charge in [-0.05, 0) is 49.4 Å². The molecule has 2 aromatic rings. The van der Waals surface area contributed by atoms with Crippen molar-refractivity contribution in [1.82, 2.24) is 10.2 Å². The van der Waals surface area contributed by atoms with E-state index in [0.717, 1.165) is 35.6 Å². The van der Waals surface area contributed by atoms with Gasteiger partial charge in [0.1, 0.15) is 6.54 Å². The summed E-state index contributed by atoms with van der Waals surface area (Å²) in [6.07, 6.45) is 3.22. The lowest BCUT2D eigenvalue weighted by atomic mass is 9.97. The minimum atomic E-state index is -0.609. The number of piperidine rings is 1. The molecule has 0 bridgehead atoms. The SMILES string of the molecule is C[C@@H]1CCC[C@H](C)N1C(=O)COC(=O)CNC(=O)Cc1cccc2ccccc12. The van der Waals surface area contributed by atoms with Crippen LogP contribution < -0.4 is 5.32 Å². The van der Waals surface area contributed by atoms with Gasteiger partial charge in [-0.1, -0.05) is 42.5 Å². The van der Waals surface area contributed by atoms with E-state index in [1.165, 1.54) is 0 Å². The summed E-state index contributed by atoms with van der Waals surface area (Å²) in [4.78, 5) is 38.4. The molecule has 1 fully saturated rings. The first-order valence-corrected chi connectivity index (χ1v) is 10.2. The number of carbonyl (C=O) groups excluding carboxylic acids is 3. The Bertz CT molecular complexity index is 880. The summed E-state index contributed by atoms with van der Waals surface area (Å²) in [6.45, 7) is 3.50. The van der Waals surface area contributed by atoms with Crippen LogP contribution in [-0.2, 0) is 25.5 Å². The van der Waals surface area contributed by atoms with Gasteiger partial charge < -0.3 is 15.0 Å². The Hall–Kier alpha value is -2.89. The molecule has 29 heavy (non-hydrogen) atoms. The third-order valence-electron chi connectivity index (χ3n) is 5.50. The maximum absolute atomic E-state index is 12.4. The number of carbonyl (C=O) groups is 3. The lowest BCUT2D eigenvalue weighted by Gasteiger charge is -2.38. The van der Waals surface area contributed by atoms with E-state index in [1.54, 1.807) is 4.90 Å². The van der Waals surface area contributed by atoms with Gasteiger partial charge in [0, 0.05) is 12.1 Å². The molecule has 3 rings (SSSR count). The summed E-state index contributed by atoms with van der Waals surface area (Å²) >= 11 is 0. The largest absolute Gasteiger partial charge is 0.454 e. The van der Waals surface area contributed by atoms with E-state index in [9.17, 15) is 14.4 Å². The number of likely N-dealkylation sites (tertiary alicyclic amines) is 1. The average molecular weight is 396 g/mol. The molecular formula is C23H28N2O4. The molecule has 1 saturated heterocycles. The normalized spacial score (nSPS) is 19.0. The van der Waals surface area contributed by atoms with E-state index in [0.29, 0.717) is 0 Å². The zero-order valence-electron chi connectivity index (χ0n) is 17.0. The summed E-state index contributed by atoms with van der Waals surface area (Å²) in [5.41, 5.74) is 0.900. The number of benzene rings is 2. The molecule has 0 spiro atoms. The van der Waals surface area contributed by atoms with Gasteiger partial charge in [0.15, 0.2) is 6.61 Å². The second kappa shape index (κ2) is 9.54. The summed E-state index contributed by atoms with van der Waals surface area (Å²) < 4.78 is 5.08. The van der Waals surface area contributed by atoms with Crippen LogP contribution in [0.25, 0.3) is 10.8 Å². The third kappa shape index (κ3) is 5.34. The van der Waals surface area contributed by atoms with Crippen LogP contribution in [0.2, 0.25) is 0 Å². The first kappa shape index (κ1) is 20.8. The summed E-state index contributed by atoms with van der Waals surface area (Å²) in [6, 6.07) is 14.0. The molecule has 1 N–H and O–H groups in total. The number of rotatable bonds is 6. The summed E-state index contributed by atoms with van der Waals surface area (Å²) in [7, 11) is 0. The quantitative estimate of drug-likeness (QED) is 0.762. The highest BCUT2D eigenvalue weighted by molar-refractivity contribution is 5.91. The zero-order chi connectivity index (χ0) is 20.8. The molecule has 2 atom stereocenters. The molecule has 1 aliphatic rings. The molecular weight excluding hydrogens is 368 g/mol. The van der Waals surface area contributed by atoms with Crippen molar-refractivity contribution in [2.45, 2.75) is 51.6 Å². The van der Waals surface area contributed by atoms with Crippen molar-refractivity contribution in [3.05, 3.63) is 48.0 Å². The molecule has 0 unspecified atom stereocenters. The number of hydrogen-bond donors (Lipinski definition) is 1. The molecule has 6 nitrogen and oxygen atoms in total. The van der Waals surface area contributed by atoms with Gasteiger partial charge in [-0.15, -0.1) is 0 Å². The van der Waals surface area contributed by atoms with Crippen molar-refractivity contribution in [3.63, 3.8) is 0 Å². The highest BCUT2D eigenvalue weighted by Crippen LogP contribution is 2.22. The van der Waals surface area contributed by atoms with Crippen molar-refractivity contribution < 1.29 is 19.1 Å². The minimum absolute atomic E-state index is 0.158. The minimum Gasteiger partial charge on any atom is -0.454 e. The zero-order valence-corrected chi connectivity index (χ0v) is 17.0. The number of ether oxygens (including phenoxy) is 1. The van der Waals surface area contributed by atoms with Crippen LogP contribution >= 0.6 is 0 Å². The number of fused-ring (bicyclic) bond motifs is 1. The molecule has 0 aromatic heterocycles. The van der Waals surface area contributed by atoms with E-state index < -0.39 is 5.97 Å². The van der Waals surface area contributed by atoms with Crippen LogP contribution in [-0.4, -0.2) is 47.9 Å². The Kier molecular flexibility index (Phi) is 6.86. The molecule has 1 aliphatic heterocycles. The predicted molar refractivity (Wildman–Crippen MR) is 111 cm³/mol. The van der Waals surface area contributed by atoms with Crippen molar-refractivity contribution in [2.24, 2.45) is 0 Å². The molecule has 0 aliphatic carbocycles. The van der Waals surface area contributed by atoms with Crippen LogP contribution in [0, 0.1) is 0 Å². The van der Waals surface area contributed by atoms with Crippen LogP contribution in [0.4, 0.5) is 0 Å². The monoisotopic (exact) mass is 396 g/mol. The molecule has 2 amide bonds. The number of hydrogen-bond acceptors (Lipinski definition) is 4. The first-order chi connectivity index (χ1) is 14.0. The van der Waals surface area contributed by atoms with Crippen molar-refractivity contribution in [2.75, 3.05) is 13.2 Å². The van der Waals surface area contributed by atoms with Crippen molar-refractivity contribution in [1.29, 1.82) is 0 Å². The second-order valence-electron chi connectivity index (χ2n) is 7.68. The van der Waals surface area contributed by atoms with Crippen LogP contribution in [0.5, 0.6) is 0 Å². The van der Waals surface area contributed by atoms with E-state index >= 15 is 0 Å². The molecule has 2 aromatic carbocycles. The Morgan fingerprint density at radius 3 is 2.48 bits per heavy atom. The Balaban J connectivity index is 1.45. The van der Waals surface area contributed by atoms with Gasteiger partial charge in [-0.25, -0.2) is 0 Å². The smallest absolute Gasteiger partial charge is 0.325 e. The molecule has 6 heteroatoms. The topological polar surface area (TPSA) is 75.7 Å². The van der Waals surface area contributed by atoms with E-state index in [4.69, 9.17) is 4.74 Å². The number of nitrogens with zero attached hydrogens (tertiary/aromatic N) is 1. The van der Waals surface area contributed by atoms with Crippen LogP contribution in [0.3, 0.4) is 0 Å². The van der Waals surface area contributed by atoms with Gasteiger partial charge in [-0.3, -0.25) is 14.4 Å². The molecule has 1 heterocycles. The fourth-order valence-corrected chi connectivity index (χ4v) is 4.03. The lowest BCUT2D eigenvalue weighted by molar-refractivity contribution is -0.154. The summed E-state index contributed by atoms with van der Waals surface area (Å²) in [5, 5.41) is 4.66. The molecule has 154 valence electrons. The molecule has 0 saturated carbocycles. The second-order valence-corrected chi connectivity index (χ2v) is 7.68. The van der Waals surface area contributed by atoms with Gasteiger partial charge in [0.2, 0.25) is 5.91 Å². The van der Waals surface area contributed by atoms with Crippen LogP contribution in [0.15, 0.2) is 42.5 Å². The lowest BCUT2D eigenvalue weighted by Crippen LogP contribution is -2.49. The summed E-state index contributed by atoms with van der Waals surface area (Å²) in [5.74, 6) is -1.05. The van der Waals surface area contributed by atoms with Gasteiger partial charge >= 0.3 is 5.97 Å². The Morgan fingerprint density at radius 1 is 1.03 bits per heavy atom. The highest BCUT2D eigenvalue weighted by atomic mass is 16.5. The predicted octanol–water partition coefficient (Wildman–Crippen LogP) is 2.83. The van der Waals surface area contributed by atoms with Crippen molar-refractivity contribution in [3.8, 4) is 0 Å². The van der Waals surface area contributed by atoms with Gasteiger partial charge in [-0.2, -0.15) is 0 Å². The molecule has 0 radical (unpaired) electrons.